The summed E-state index contributed by atoms with van der Waals surface area (Å²) in [4.78, 5) is 4.52. The summed E-state index contributed by atoms with van der Waals surface area (Å²) in [7, 11) is 5.94. The van der Waals surface area contributed by atoms with Crippen molar-refractivity contribution in [1.29, 1.82) is 0 Å². The van der Waals surface area contributed by atoms with E-state index in [1.54, 1.807) is 7.11 Å². The maximum Gasteiger partial charge on any atom is 0.119 e. The van der Waals surface area contributed by atoms with Crippen molar-refractivity contribution in [1.82, 2.24) is 0 Å². The molecule has 2 aromatic rings. The van der Waals surface area contributed by atoms with E-state index in [1.165, 1.54) is 16.9 Å². The van der Waals surface area contributed by atoms with Gasteiger partial charge in [0.2, 0.25) is 0 Å². The Morgan fingerprint density at radius 1 is 1.05 bits per heavy atom. The second-order valence-corrected chi connectivity index (χ2v) is 5.24. The van der Waals surface area contributed by atoms with Gasteiger partial charge in [-0.2, -0.15) is 0 Å². The van der Waals surface area contributed by atoms with E-state index in [0.717, 1.165) is 24.4 Å². The fraction of sp³-hybridized carbons (Fsp3) is 0.294. The fourth-order valence-corrected chi connectivity index (χ4v) is 2.72. The predicted octanol–water partition coefficient (Wildman–Crippen LogP) is 3.46. The average molecular weight is 268 g/mol. The molecule has 1 aliphatic rings. The zero-order valence-electron chi connectivity index (χ0n) is 12.3. The standard InChI is InChI=1S/C17H20N2O/c1-18-11-10-13-12-15(6-9-17(13)18)19(2)14-4-7-16(20-3)8-5-14/h4-9,12H,10-11H2,1-3H3. The van der Waals surface area contributed by atoms with E-state index in [9.17, 15) is 0 Å². The second kappa shape index (κ2) is 5.08. The van der Waals surface area contributed by atoms with Gasteiger partial charge in [0.05, 0.1) is 7.11 Å². The molecule has 2 aromatic carbocycles. The molecule has 0 fully saturated rings. The lowest BCUT2D eigenvalue weighted by molar-refractivity contribution is 0.415. The smallest absolute Gasteiger partial charge is 0.119 e. The van der Waals surface area contributed by atoms with Crippen molar-refractivity contribution in [3.63, 3.8) is 0 Å². The minimum atomic E-state index is 0.887. The molecular weight excluding hydrogens is 248 g/mol. The first-order chi connectivity index (χ1) is 9.69. The highest BCUT2D eigenvalue weighted by atomic mass is 16.5. The molecule has 3 rings (SSSR count). The maximum atomic E-state index is 5.20. The van der Waals surface area contributed by atoms with E-state index in [1.807, 2.05) is 12.1 Å². The molecule has 0 spiro atoms. The van der Waals surface area contributed by atoms with Gasteiger partial charge in [0, 0.05) is 37.7 Å². The Labute approximate surface area is 120 Å². The Balaban J connectivity index is 1.88. The molecule has 0 aromatic heterocycles. The number of hydrogen-bond donors (Lipinski definition) is 0. The summed E-state index contributed by atoms with van der Waals surface area (Å²) in [6.07, 6.45) is 1.14. The molecule has 20 heavy (non-hydrogen) atoms. The lowest BCUT2D eigenvalue weighted by Crippen LogP contribution is -2.12. The Morgan fingerprint density at radius 2 is 1.75 bits per heavy atom. The molecule has 0 atom stereocenters. The summed E-state index contributed by atoms with van der Waals surface area (Å²) in [6.45, 7) is 1.12. The second-order valence-electron chi connectivity index (χ2n) is 5.24. The lowest BCUT2D eigenvalue weighted by Gasteiger charge is -2.21. The molecule has 104 valence electrons. The predicted molar refractivity (Wildman–Crippen MR) is 84.5 cm³/mol. The highest BCUT2D eigenvalue weighted by molar-refractivity contribution is 5.69. The summed E-state index contributed by atoms with van der Waals surface area (Å²) in [5.41, 5.74) is 5.18. The van der Waals surface area contributed by atoms with Crippen LogP contribution < -0.4 is 14.5 Å². The van der Waals surface area contributed by atoms with Gasteiger partial charge in [-0.1, -0.05) is 0 Å². The molecule has 0 saturated heterocycles. The van der Waals surface area contributed by atoms with E-state index in [0.29, 0.717) is 0 Å². The van der Waals surface area contributed by atoms with Gasteiger partial charge in [-0.05, 0) is 54.4 Å². The molecule has 1 aliphatic heterocycles. The van der Waals surface area contributed by atoms with Gasteiger partial charge >= 0.3 is 0 Å². The van der Waals surface area contributed by atoms with Crippen molar-refractivity contribution >= 4 is 17.1 Å². The zero-order chi connectivity index (χ0) is 14.1. The van der Waals surface area contributed by atoms with Crippen molar-refractivity contribution in [2.75, 3.05) is 37.5 Å². The number of rotatable bonds is 3. The largest absolute Gasteiger partial charge is 0.497 e. The Kier molecular flexibility index (Phi) is 3.26. The molecule has 0 amide bonds. The molecule has 0 unspecified atom stereocenters. The third-order valence-electron chi connectivity index (χ3n) is 4.04. The molecule has 0 saturated carbocycles. The minimum Gasteiger partial charge on any atom is -0.497 e. The first-order valence-corrected chi connectivity index (χ1v) is 6.91. The van der Waals surface area contributed by atoms with Gasteiger partial charge in [0.15, 0.2) is 0 Å². The van der Waals surface area contributed by atoms with Crippen LogP contribution in [0.3, 0.4) is 0 Å². The quantitative estimate of drug-likeness (QED) is 0.848. The van der Waals surface area contributed by atoms with Gasteiger partial charge in [-0.3, -0.25) is 0 Å². The molecule has 3 heteroatoms. The van der Waals surface area contributed by atoms with Gasteiger partial charge in [0.1, 0.15) is 5.75 Å². The lowest BCUT2D eigenvalue weighted by atomic mass is 10.1. The van der Waals surface area contributed by atoms with Crippen molar-refractivity contribution in [2.24, 2.45) is 0 Å². The van der Waals surface area contributed by atoms with E-state index < -0.39 is 0 Å². The van der Waals surface area contributed by atoms with Crippen LogP contribution in [0.5, 0.6) is 5.75 Å². The molecule has 0 N–H and O–H groups in total. The zero-order valence-corrected chi connectivity index (χ0v) is 12.3. The van der Waals surface area contributed by atoms with Crippen LogP contribution >= 0.6 is 0 Å². The summed E-state index contributed by atoms with van der Waals surface area (Å²) in [5.74, 6) is 0.887. The highest BCUT2D eigenvalue weighted by Gasteiger charge is 2.16. The number of benzene rings is 2. The number of fused-ring (bicyclic) bond motifs is 1. The van der Waals surface area contributed by atoms with Gasteiger partial charge in [-0.25, -0.2) is 0 Å². The number of nitrogens with zero attached hydrogens (tertiary/aromatic N) is 2. The molecule has 3 nitrogen and oxygen atoms in total. The van der Waals surface area contributed by atoms with Crippen LogP contribution in [0.4, 0.5) is 17.1 Å². The van der Waals surface area contributed by atoms with Crippen LogP contribution in [-0.2, 0) is 6.42 Å². The van der Waals surface area contributed by atoms with Gasteiger partial charge in [-0.15, -0.1) is 0 Å². The van der Waals surface area contributed by atoms with Crippen molar-refractivity contribution in [3.05, 3.63) is 48.0 Å². The van der Waals surface area contributed by atoms with E-state index >= 15 is 0 Å². The van der Waals surface area contributed by atoms with Crippen LogP contribution in [0.25, 0.3) is 0 Å². The van der Waals surface area contributed by atoms with Gasteiger partial charge < -0.3 is 14.5 Å². The third kappa shape index (κ3) is 2.20. The van der Waals surface area contributed by atoms with Crippen molar-refractivity contribution in [3.8, 4) is 5.75 Å². The summed E-state index contributed by atoms with van der Waals surface area (Å²) in [5, 5.41) is 0. The van der Waals surface area contributed by atoms with Gasteiger partial charge in [0.25, 0.3) is 0 Å². The number of likely N-dealkylation sites (N-methyl/N-ethyl adjacent to an activating group) is 1. The Morgan fingerprint density at radius 3 is 2.45 bits per heavy atom. The average Bonchev–Trinajstić information content (AvgIpc) is 2.87. The number of ether oxygens (including phenoxy) is 1. The van der Waals surface area contributed by atoms with Crippen LogP contribution in [0.15, 0.2) is 42.5 Å². The fourth-order valence-electron chi connectivity index (χ4n) is 2.72. The number of hydrogen-bond acceptors (Lipinski definition) is 3. The van der Waals surface area contributed by atoms with Crippen LogP contribution in [0, 0.1) is 0 Å². The van der Waals surface area contributed by atoms with Crippen molar-refractivity contribution < 1.29 is 4.74 Å². The Hall–Kier alpha value is -2.16. The summed E-state index contributed by atoms with van der Waals surface area (Å²) in [6, 6.07) is 14.8. The summed E-state index contributed by atoms with van der Waals surface area (Å²) < 4.78 is 5.20. The highest BCUT2D eigenvalue weighted by Crippen LogP contribution is 2.33. The van der Waals surface area contributed by atoms with E-state index in [4.69, 9.17) is 4.74 Å². The molecule has 0 radical (unpaired) electrons. The number of anilines is 3. The first-order valence-electron chi connectivity index (χ1n) is 6.91. The van der Waals surface area contributed by atoms with Crippen LogP contribution in [0.1, 0.15) is 5.56 Å². The van der Waals surface area contributed by atoms with E-state index in [-0.39, 0.29) is 0 Å². The Bertz CT molecular complexity index is 607. The minimum absolute atomic E-state index is 0.887. The SMILES string of the molecule is COc1ccc(N(C)c2ccc3c(c2)CCN3C)cc1. The summed E-state index contributed by atoms with van der Waals surface area (Å²) >= 11 is 0. The van der Waals surface area contributed by atoms with E-state index in [2.05, 4.69) is 54.2 Å². The molecule has 1 heterocycles. The molecule has 0 aliphatic carbocycles. The number of methoxy groups -OCH3 is 1. The monoisotopic (exact) mass is 268 g/mol. The van der Waals surface area contributed by atoms with Crippen LogP contribution in [0.2, 0.25) is 0 Å². The molecule has 0 bridgehead atoms. The topological polar surface area (TPSA) is 15.7 Å². The maximum absolute atomic E-state index is 5.20. The van der Waals surface area contributed by atoms with Crippen molar-refractivity contribution in [2.45, 2.75) is 6.42 Å². The first kappa shape index (κ1) is 12.9. The van der Waals surface area contributed by atoms with Crippen LogP contribution in [-0.4, -0.2) is 27.7 Å². The normalized spacial score (nSPS) is 13.2. The third-order valence-corrected chi connectivity index (χ3v) is 4.04. The molecular formula is C17H20N2O.